The number of rotatable bonds is 11. The Morgan fingerprint density at radius 2 is 0.352 bits per heavy atom. The van der Waals surface area contributed by atoms with Crippen molar-refractivity contribution in [3.05, 3.63) is 243 Å². The molecule has 8 aromatic rings. The van der Waals surface area contributed by atoms with Gasteiger partial charge in [-0.1, -0.05) is 263 Å². The first-order valence-electron chi connectivity index (χ1n) is 18.0. The summed E-state index contributed by atoms with van der Waals surface area (Å²) in [5.41, 5.74) is 0. The van der Waals surface area contributed by atoms with Crippen LogP contribution in [0.4, 0.5) is 0 Å². The van der Waals surface area contributed by atoms with E-state index in [1.165, 1.54) is 41.5 Å². The summed E-state index contributed by atoms with van der Waals surface area (Å²) in [6, 6.07) is 93.9. The molecule has 0 aliphatic rings. The van der Waals surface area contributed by atoms with Crippen LogP contribution in [0.3, 0.4) is 0 Å². The van der Waals surface area contributed by atoms with Crippen LogP contribution in [-0.2, 0) is 0 Å². The van der Waals surface area contributed by atoms with Crippen molar-refractivity contribution in [2.45, 2.75) is 0 Å². The maximum atomic E-state index is 2.51. The van der Waals surface area contributed by atoms with Gasteiger partial charge in [0.15, 0.2) is 0 Å². The van der Waals surface area contributed by atoms with Gasteiger partial charge in [0.2, 0.25) is 0 Å². The van der Waals surface area contributed by atoms with Gasteiger partial charge in [0.1, 0.15) is 0 Å². The maximum Gasteiger partial charge on any atom is 1.00 e. The Bertz CT molecular complexity index is 1960. The Morgan fingerprint density at radius 3 is 0.519 bits per heavy atom. The normalized spacial score (nSPS) is 11.0. The largest absolute Gasteiger partial charge is 1.00 e. The smallest absolute Gasteiger partial charge is 0.243 e. The SMILES string of the molecule is [K+].[K+].c1ccc([Si-](c2ccccc2)[Si](c2ccccc2)(c2ccccc2)[Si](c2ccccc2)(c2ccccc2)[Si-](c2ccccc2)c2ccccc2)cc1. The zero-order valence-electron chi connectivity index (χ0n) is 31.1. The van der Waals surface area contributed by atoms with E-state index in [0.717, 1.165) is 0 Å². The molecule has 0 saturated heterocycles. The van der Waals surface area contributed by atoms with E-state index in [9.17, 15) is 0 Å². The summed E-state index contributed by atoms with van der Waals surface area (Å²) >= 11 is 0. The van der Waals surface area contributed by atoms with E-state index in [-0.39, 0.29) is 103 Å². The van der Waals surface area contributed by atoms with Crippen LogP contribution in [0.5, 0.6) is 0 Å². The monoisotopic (exact) mass is 806 g/mol. The quantitative estimate of drug-likeness (QED) is 0.153. The van der Waals surface area contributed by atoms with Gasteiger partial charge in [0, 0.05) is 0 Å². The Kier molecular flexibility index (Phi) is 15.3. The van der Waals surface area contributed by atoms with Crippen LogP contribution in [0.1, 0.15) is 0 Å². The van der Waals surface area contributed by atoms with E-state index in [0.29, 0.717) is 0 Å². The molecule has 0 heterocycles. The van der Waals surface area contributed by atoms with Crippen LogP contribution < -0.4 is 144 Å². The van der Waals surface area contributed by atoms with Crippen molar-refractivity contribution >= 4 is 72.3 Å². The average molecular weight is 807 g/mol. The van der Waals surface area contributed by atoms with Gasteiger partial charge < -0.3 is 0 Å². The van der Waals surface area contributed by atoms with Crippen molar-refractivity contribution in [2.24, 2.45) is 0 Å². The molecule has 0 fully saturated rings. The van der Waals surface area contributed by atoms with Crippen LogP contribution in [0.15, 0.2) is 243 Å². The molecular weight excluding hydrogens is 767 g/mol. The predicted molar refractivity (Wildman–Crippen MR) is 232 cm³/mol. The van der Waals surface area contributed by atoms with E-state index in [2.05, 4.69) is 243 Å². The first-order valence-corrected chi connectivity index (χ1v) is 28.0. The summed E-state index contributed by atoms with van der Waals surface area (Å²) in [5, 5.41) is 12.0. The third-order valence-corrected chi connectivity index (χ3v) is 53.2. The molecule has 0 aliphatic heterocycles. The van der Waals surface area contributed by atoms with Crippen LogP contribution in [0.25, 0.3) is 0 Å². The third kappa shape index (κ3) is 7.90. The van der Waals surface area contributed by atoms with Crippen LogP contribution >= 0.6 is 0 Å². The van der Waals surface area contributed by atoms with Crippen molar-refractivity contribution in [1.29, 1.82) is 0 Å². The molecule has 0 aromatic heterocycles. The fraction of sp³-hybridized carbons (Fsp3) is 0. The van der Waals surface area contributed by atoms with Gasteiger partial charge in [-0.3, -0.25) is 0 Å². The first-order chi connectivity index (χ1) is 25.8. The van der Waals surface area contributed by atoms with Crippen molar-refractivity contribution in [3.8, 4) is 0 Å². The molecule has 8 aromatic carbocycles. The second-order valence-corrected chi connectivity index (χ2v) is 37.3. The zero-order chi connectivity index (χ0) is 35.1. The molecule has 0 aliphatic carbocycles. The molecule has 0 N–H and O–H groups in total. The van der Waals surface area contributed by atoms with Crippen molar-refractivity contribution in [2.75, 3.05) is 0 Å². The van der Waals surface area contributed by atoms with Crippen LogP contribution in [0.2, 0.25) is 0 Å². The molecule has 250 valence electrons. The first kappa shape index (κ1) is 41.5. The molecule has 0 bridgehead atoms. The maximum absolute atomic E-state index is 3.06. The molecule has 0 spiro atoms. The minimum atomic E-state index is -3.06. The van der Waals surface area contributed by atoms with Crippen LogP contribution in [-0.4, -0.2) is 30.8 Å². The molecule has 0 radical (unpaired) electrons. The molecule has 8 rings (SSSR count). The van der Waals surface area contributed by atoms with Gasteiger partial charge in [0.05, 0.1) is 0 Å². The second-order valence-electron chi connectivity index (χ2n) is 13.2. The van der Waals surface area contributed by atoms with Crippen molar-refractivity contribution < 1.29 is 103 Å². The van der Waals surface area contributed by atoms with E-state index in [1.807, 2.05) is 0 Å². The topological polar surface area (TPSA) is 0 Å². The van der Waals surface area contributed by atoms with Gasteiger partial charge in [-0.05, 0) is 14.2 Å². The Morgan fingerprint density at radius 1 is 0.204 bits per heavy atom. The summed E-state index contributed by atoms with van der Waals surface area (Å²) in [5.74, 6) is 0. The third-order valence-electron chi connectivity index (χ3n) is 10.4. The predicted octanol–water partition coefficient (Wildman–Crippen LogP) is -0.626. The van der Waals surface area contributed by atoms with Gasteiger partial charge in [0.25, 0.3) is 0 Å². The molecular formula is C48H40K2Si4. The number of hydrogen-bond acceptors (Lipinski definition) is 0. The van der Waals surface area contributed by atoms with E-state index in [4.69, 9.17) is 0 Å². The summed E-state index contributed by atoms with van der Waals surface area (Å²) < 4.78 is 0. The Labute approximate surface area is 411 Å². The fourth-order valence-corrected chi connectivity index (χ4v) is 66.1. The van der Waals surface area contributed by atoms with Crippen LogP contribution in [0, 0.1) is 0 Å². The molecule has 0 amide bonds. The summed E-state index contributed by atoms with van der Waals surface area (Å²) in [6.45, 7) is 0. The summed E-state index contributed by atoms with van der Waals surface area (Å²) in [4.78, 5) is 0. The summed E-state index contributed by atoms with van der Waals surface area (Å²) in [6.07, 6.45) is 0. The van der Waals surface area contributed by atoms with Crippen molar-refractivity contribution in [1.82, 2.24) is 0 Å². The molecule has 0 saturated carbocycles. The minimum absolute atomic E-state index is 0. The second kappa shape index (κ2) is 19.9. The van der Waals surface area contributed by atoms with Gasteiger partial charge in [-0.2, -0.15) is 20.7 Å². The average Bonchev–Trinajstić information content (AvgIpc) is 3.24. The molecule has 0 nitrogen and oxygen atoms in total. The molecule has 0 unspecified atom stereocenters. The summed E-state index contributed by atoms with van der Waals surface area (Å²) in [7, 11) is -9.30. The van der Waals surface area contributed by atoms with E-state index < -0.39 is 30.8 Å². The molecule has 0 atom stereocenters. The van der Waals surface area contributed by atoms with Gasteiger partial charge in [-0.15, -0.1) is 0 Å². The fourth-order valence-electron chi connectivity index (χ4n) is 8.52. The minimum Gasteiger partial charge on any atom is -0.243 e. The molecule has 54 heavy (non-hydrogen) atoms. The van der Waals surface area contributed by atoms with Gasteiger partial charge in [-0.25, -0.2) is 16.6 Å². The number of hydrogen-bond donors (Lipinski definition) is 0. The standard InChI is InChI=1S/C48H40Si4.2K/c1-9-25-41(26-10-1)49(42-27-11-2-12-28-42)51(45-33-17-5-18-34-45,46-35-19-6-20-36-46)52(47-37-21-7-22-38-47,48-39-23-8-24-40-48)50(43-29-13-3-14-30-43)44-31-15-4-16-32-44;;/h1-40H;;/q-2;2*+1. The van der Waals surface area contributed by atoms with E-state index in [1.54, 1.807) is 0 Å². The Balaban J connectivity index is 0.00000249. The van der Waals surface area contributed by atoms with Crippen molar-refractivity contribution in [3.63, 3.8) is 0 Å². The van der Waals surface area contributed by atoms with E-state index >= 15 is 0 Å². The molecule has 6 heteroatoms. The van der Waals surface area contributed by atoms with Gasteiger partial charge >= 0.3 is 103 Å². The number of benzene rings is 8. The Hall–Kier alpha value is -2.10. The zero-order valence-corrected chi connectivity index (χ0v) is 41.3.